The molecule has 0 bridgehead atoms. The fourth-order valence-electron chi connectivity index (χ4n) is 3.52. The van der Waals surface area contributed by atoms with E-state index in [1.165, 1.54) is 12.1 Å². The molecule has 2 aliphatic rings. The first-order chi connectivity index (χ1) is 13.6. The van der Waals surface area contributed by atoms with Gasteiger partial charge in [0.1, 0.15) is 11.6 Å². The Morgan fingerprint density at radius 3 is 3.04 bits per heavy atom. The van der Waals surface area contributed by atoms with E-state index in [1.807, 2.05) is 4.90 Å². The number of aliphatic hydroxyl groups excluding tert-OH is 1. The molecule has 1 saturated heterocycles. The number of hydrogen-bond acceptors (Lipinski definition) is 4. The summed E-state index contributed by atoms with van der Waals surface area (Å²) in [4.78, 5) is 17.5. The second-order valence-electron chi connectivity index (χ2n) is 6.80. The lowest BCUT2D eigenvalue weighted by Gasteiger charge is -2.09. The molecule has 28 heavy (non-hydrogen) atoms. The summed E-state index contributed by atoms with van der Waals surface area (Å²) < 4.78 is 19.8. The first-order valence-electron chi connectivity index (χ1n) is 9.03. The third kappa shape index (κ3) is 3.40. The van der Waals surface area contributed by atoms with Crippen molar-refractivity contribution in [3.8, 4) is 17.6 Å². The number of nitrogens with zero attached hydrogens (tertiary/aromatic N) is 1. The topological polar surface area (TPSA) is 77.6 Å². The van der Waals surface area contributed by atoms with Gasteiger partial charge in [-0.05, 0) is 30.7 Å². The molecule has 6 nitrogen and oxygen atoms in total. The van der Waals surface area contributed by atoms with Crippen LogP contribution in [0.3, 0.4) is 0 Å². The van der Waals surface area contributed by atoms with Crippen LogP contribution in [-0.2, 0) is 4.79 Å². The predicted molar refractivity (Wildman–Crippen MR) is 104 cm³/mol. The zero-order valence-corrected chi connectivity index (χ0v) is 15.4. The number of rotatable bonds is 3. The van der Waals surface area contributed by atoms with E-state index < -0.39 is 5.82 Å². The molecule has 0 spiro atoms. The number of nitrogens with one attached hydrogen (secondary N) is 2. The second kappa shape index (κ2) is 7.50. The molecule has 1 aromatic heterocycles. The quantitative estimate of drug-likeness (QED) is 0.562. The lowest BCUT2D eigenvalue weighted by atomic mass is 9.99. The molecule has 3 heterocycles. The summed E-state index contributed by atoms with van der Waals surface area (Å²) in [5.41, 5.74) is 2.12. The van der Waals surface area contributed by atoms with E-state index in [4.69, 9.17) is 4.74 Å². The van der Waals surface area contributed by atoms with Crippen LogP contribution in [0, 0.1) is 17.7 Å². The number of ether oxygens (including phenoxy) is 1. The maximum atomic E-state index is 14.6. The molecule has 0 unspecified atom stereocenters. The number of fused-ring (bicyclic) bond motifs is 1. The number of benzene rings is 1. The zero-order valence-electron chi connectivity index (χ0n) is 15.4. The van der Waals surface area contributed by atoms with E-state index in [0.29, 0.717) is 41.4 Å². The summed E-state index contributed by atoms with van der Waals surface area (Å²) in [6, 6.07) is 4.59. The van der Waals surface area contributed by atoms with Crippen LogP contribution >= 0.6 is 0 Å². The van der Waals surface area contributed by atoms with Gasteiger partial charge in [-0.15, -0.1) is 0 Å². The van der Waals surface area contributed by atoms with E-state index >= 15 is 0 Å². The fourth-order valence-corrected chi connectivity index (χ4v) is 3.52. The van der Waals surface area contributed by atoms with Crippen LogP contribution in [0.5, 0.6) is 5.75 Å². The Hall–Kier alpha value is -3.08. The molecule has 1 fully saturated rings. The number of halogens is 1. The first kappa shape index (κ1) is 18.3. The third-order valence-electron chi connectivity index (χ3n) is 4.93. The van der Waals surface area contributed by atoms with Gasteiger partial charge in [-0.25, -0.2) is 4.39 Å². The highest BCUT2D eigenvalue weighted by atomic mass is 19.1. The number of aliphatic hydroxyl groups is 1. The van der Waals surface area contributed by atoms with Gasteiger partial charge >= 0.3 is 0 Å². The number of β-amino-alcohol motifs (C(OH)–C–C–N with tert-alkyl or cyclic N) is 1. The fraction of sp³-hybridized carbons (Fsp3) is 0.286. The molecule has 1 amide bonds. The van der Waals surface area contributed by atoms with Crippen LogP contribution in [0.15, 0.2) is 24.4 Å². The summed E-state index contributed by atoms with van der Waals surface area (Å²) in [6.07, 6.45) is 3.74. The van der Waals surface area contributed by atoms with Crippen LogP contribution in [0.2, 0.25) is 0 Å². The lowest BCUT2D eigenvalue weighted by molar-refractivity contribution is -0.110. The van der Waals surface area contributed by atoms with Gasteiger partial charge in [0.25, 0.3) is 5.91 Å². The number of amides is 1. The highest BCUT2D eigenvalue weighted by Crippen LogP contribution is 2.37. The lowest BCUT2D eigenvalue weighted by Crippen LogP contribution is -2.22. The Kier molecular flexibility index (Phi) is 4.90. The average Bonchev–Trinajstić information content (AvgIpc) is 3.37. The number of aromatic nitrogens is 1. The maximum Gasteiger partial charge on any atom is 0.256 e. The van der Waals surface area contributed by atoms with Crippen molar-refractivity contribution in [3.63, 3.8) is 0 Å². The second-order valence-corrected chi connectivity index (χ2v) is 6.80. The highest BCUT2D eigenvalue weighted by Gasteiger charge is 2.29. The van der Waals surface area contributed by atoms with Gasteiger partial charge in [0.05, 0.1) is 42.3 Å². The minimum Gasteiger partial charge on any atom is -0.495 e. The van der Waals surface area contributed by atoms with Gasteiger partial charge in [-0.1, -0.05) is 11.8 Å². The molecule has 1 aromatic carbocycles. The minimum absolute atomic E-state index is 0.187. The van der Waals surface area contributed by atoms with E-state index in [0.717, 1.165) is 13.0 Å². The van der Waals surface area contributed by atoms with Crippen LogP contribution in [0.25, 0.3) is 11.6 Å². The van der Waals surface area contributed by atoms with E-state index in [1.54, 1.807) is 25.4 Å². The summed E-state index contributed by atoms with van der Waals surface area (Å²) in [5, 5.41) is 12.4. The SMILES string of the molecule is COc1cc[nH]c1/C=C1\C(=O)Nc2ccc(F)c(C#CCN3CC[C@@H](O)C3)c21. The summed E-state index contributed by atoms with van der Waals surface area (Å²) in [7, 11) is 1.54. The minimum atomic E-state index is -0.478. The van der Waals surface area contributed by atoms with Crippen LogP contribution in [-0.4, -0.2) is 53.7 Å². The van der Waals surface area contributed by atoms with Crippen molar-refractivity contribution in [2.24, 2.45) is 0 Å². The molecule has 3 N–H and O–H groups in total. The Morgan fingerprint density at radius 2 is 2.29 bits per heavy atom. The molecule has 1 atom stereocenters. The van der Waals surface area contributed by atoms with E-state index in [-0.39, 0.29) is 17.6 Å². The van der Waals surface area contributed by atoms with Crippen molar-refractivity contribution in [1.82, 2.24) is 9.88 Å². The van der Waals surface area contributed by atoms with Crippen molar-refractivity contribution < 1.29 is 19.0 Å². The molecule has 2 aliphatic heterocycles. The number of methoxy groups -OCH3 is 1. The number of carbonyl (C=O) groups is 1. The van der Waals surface area contributed by atoms with Crippen LogP contribution < -0.4 is 10.1 Å². The molecule has 2 aromatic rings. The summed E-state index contributed by atoms with van der Waals surface area (Å²) in [5.74, 6) is 5.66. The Morgan fingerprint density at radius 1 is 1.43 bits per heavy atom. The van der Waals surface area contributed by atoms with Gasteiger partial charge in [0.2, 0.25) is 0 Å². The number of aromatic amines is 1. The van der Waals surface area contributed by atoms with Crippen molar-refractivity contribution >= 4 is 23.2 Å². The number of anilines is 1. The molecular weight excluding hydrogens is 361 g/mol. The summed E-state index contributed by atoms with van der Waals surface area (Å²) in [6.45, 7) is 1.77. The van der Waals surface area contributed by atoms with Crippen molar-refractivity contribution in [2.75, 3.05) is 32.1 Å². The maximum absolute atomic E-state index is 14.6. The molecule has 144 valence electrons. The smallest absolute Gasteiger partial charge is 0.256 e. The van der Waals surface area contributed by atoms with E-state index in [9.17, 15) is 14.3 Å². The first-order valence-corrected chi connectivity index (χ1v) is 9.03. The average molecular weight is 381 g/mol. The molecular formula is C21H20FN3O3. The molecule has 0 saturated carbocycles. The number of hydrogen-bond donors (Lipinski definition) is 3. The monoisotopic (exact) mass is 381 g/mol. The predicted octanol–water partition coefficient (Wildman–Crippen LogP) is 2.07. The normalized spacial score (nSPS) is 20.0. The van der Waals surface area contributed by atoms with Crippen LogP contribution in [0.4, 0.5) is 10.1 Å². The zero-order chi connectivity index (χ0) is 19.7. The van der Waals surface area contributed by atoms with Gasteiger partial charge in [0, 0.05) is 24.8 Å². The van der Waals surface area contributed by atoms with Gasteiger partial charge in [0.15, 0.2) is 0 Å². The van der Waals surface area contributed by atoms with Crippen molar-refractivity contribution in [1.29, 1.82) is 0 Å². The molecule has 0 aliphatic carbocycles. The Labute approximate surface area is 162 Å². The van der Waals surface area contributed by atoms with Gasteiger partial charge in [-0.2, -0.15) is 0 Å². The number of H-pyrrole nitrogens is 1. The standard InChI is InChI=1S/C21H20FN3O3/c1-28-19-6-8-23-18(19)11-15-20-14(3-2-9-25-10-7-13(26)12-25)16(22)4-5-17(20)24-21(15)27/h4-6,8,11,13,23,26H,7,9-10,12H2,1H3,(H,24,27)/b15-11-/t13-/m1/s1. The van der Waals surface area contributed by atoms with Gasteiger partial charge in [-0.3, -0.25) is 9.69 Å². The van der Waals surface area contributed by atoms with Gasteiger partial charge < -0.3 is 20.1 Å². The van der Waals surface area contributed by atoms with Crippen molar-refractivity contribution in [3.05, 3.63) is 47.0 Å². The molecule has 0 radical (unpaired) electrons. The highest BCUT2D eigenvalue weighted by molar-refractivity contribution is 6.35. The summed E-state index contributed by atoms with van der Waals surface area (Å²) >= 11 is 0. The molecule has 7 heteroatoms. The Balaban J connectivity index is 1.71. The van der Waals surface area contributed by atoms with Crippen LogP contribution in [0.1, 0.15) is 23.2 Å². The molecule has 4 rings (SSSR count). The number of likely N-dealkylation sites (tertiary alicyclic amines) is 1. The van der Waals surface area contributed by atoms with E-state index in [2.05, 4.69) is 22.1 Å². The third-order valence-corrected chi connectivity index (χ3v) is 4.93. The Bertz CT molecular complexity index is 1020. The number of carbonyl (C=O) groups excluding carboxylic acids is 1. The largest absolute Gasteiger partial charge is 0.495 e. The van der Waals surface area contributed by atoms with Crippen molar-refractivity contribution in [2.45, 2.75) is 12.5 Å².